The fourth-order valence-electron chi connectivity index (χ4n) is 2.50. The molecule has 0 aromatic heterocycles. The van der Waals surface area contributed by atoms with Gasteiger partial charge in [-0.3, -0.25) is 0 Å². The second kappa shape index (κ2) is 2.63. The second-order valence-electron chi connectivity index (χ2n) is 3.90. The number of carbonyl (C=O) groups excluding carboxylic acids is 2. The molecule has 0 amide bonds. The van der Waals surface area contributed by atoms with Crippen molar-refractivity contribution in [1.82, 2.24) is 0 Å². The first kappa shape index (κ1) is 8.37. The monoisotopic (exact) mass is 184 g/mol. The standard InChI is InChI=1S/C9H13O2P/c1-7-2-3-8-4-12(7)9(8,5-10)6-11/h5-8H,2-4H2,1H3. The number of hydrogen-bond acceptors (Lipinski definition) is 2. The van der Waals surface area contributed by atoms with Gasteiger partial charge in [-0.25, -0.2) is 0 Å². The van der Waals surface area contributed by atoms with Crippen LogP contribution in [0.15, 0.2) is 0 Å². The van der Waals surface area contributed by atoms with Crippen molar-refractivity contribution in [2.75, 3.05) is 6.16 Å². The highest BCUT2D eigenvalue weighted by molar-refractivity contribution is 7.64. The number of rotatable bonds is 2. The van der Waals surface area contributed by atoms with Gasteiger partial charge in [0.2, 0.25) is 0 Å². The predicted molar refractivity (Wildman–Crippen MR) is 48.8 cm³/mol. The Kier molecular flexibility index (Phi) is 1.84. The van der Waals surface area contributed by atoms with E-state index in [4.69, 9.17) is 0 Å². The van der Waals surface area contributed by atoms with Gasteiger partial charge in [0.05, 0.1) is 0 Å². The fourth-order valence-corrected chi connectivity index (χ4v) is 6.00. The third-order valence-electron chi connectivity index (χ3n) is 3.41. The molecule has 3 unspecified atom stereocenters. The Balaban J connectivity index is 2.27. The molecule has 3 rings (SSSR count). The SMILES string of the molecule is CC1CCC2CP1C2(C=O)C=O. The van der Waals surface area contributed by atoms with E-state index in [2.05, 4.69) is 6.92 Å². The molecule has 3 heterocycles. The molecule has 0 aliphatic carbocycles. The third-order valence-corrected chi connectivity index (χ3v) is 7.14. The van der Waals surface area contributed by atoms with Gasteiger partial charge in [0.1, 0.15) is 17.7 Å². The number of hydrogen-bond donors (Lipinski definition) is 0. The summed E-state index contributed by atoms with van der Waals surface area (Å²) in [5, 5.41) is -0.507. The molecule has 3 atom stereocenters. The summed E-state index contributed by atoms with van der Waals surface area (Å²) in [6.07, 6.45) is 5.32. The molecule has 0 radical (unpaired) electrons. The Morgan fingerprint density at radius 3 is 2.33 bits per heavy atom. The molecule has 2 nitrogen and oxygen atoms in total. The molecule has 3 fully saturated rings. The minimum atomic E-state index is -0.507. The first-order chi connectivity index (χ1) is 5.74. The molecule has 3 heteroatoms. The van der Waals surface area contributed by atoms with Crippen LogP contribution in [0.3, 0.4) is 0 Å². The molecule has 2 bridgehead atoms. The summed E-state index contributed by atoms with van der Waals surface area (Å²) >= 11 is 0. The van der Waals surface area contributed by atoms with Crippen LogP contribution in [-0.4, -0.2) is 29.5 Å². The van der Waals surface area contributed by atoms with Gasteiger partial charge >= 0.3 is 0 Å². The maximum atomic E-state index is 10.9. The molecule has 12 heavy (non-hydrogen) atoms. The first-order valence-corrected chi connectivity index (χ1v) is 6.03. The Bertz CT molecular complexity index is 217. The van der Waals surface area contributed by atoms with E-state index in [0.717, 1.165) is 25.2 Å². The van der Waals surface area contributed by atoms with Crippen LogP contribution in [0.5, 0.6) is 0 Å². The smallest absolute Gasteiger partial charge is 0.137 e. The van der Waals surface area contributed by atoms with Crippen LogP contribution in [0, 0.1) is 5.92 Å². The van der Waals surface area contributed by atoms with Gasteiger partial charge in [0.25, 0.3) is 0 Å². The predicted octanol–water partition coefficient (Wildman–Crippen LogP) is 1.42. The van der Waals surface area contributed by atoms with Crippen LogP contribution < -0.4 is 0 Å². The lowest BCUT2D eigenvalue weighted by Gasteiger charge is -2.57. The fraction of sp³-hybridized carbons (Fsp3) is 0.778. The number of aldehydes is 2. The van der Waals surface area contributed by atoms with Crippen LogP contribution in [0.2, 0.25) is 0 Å². The Hall–Kier alpha value is -0.230. The van der Waals surface area contributed by atoms with Crippen molar-refractivity contribution in [2.24, 2.45) is 5.92 Å². The van der Waals surface area contributed by atoms with E-state index in [1.807, 2.05) is 0 Å². The van der Waals surface area contributed by atoms with Crippen molar-refractivity contribution >= 4 is 20.5 Å². The van der Waals surface area contributed by atoms with E-state index in [9.17, 15) is 9.59 Å². The van der Waals surface area contributed by atoms with Crippen molar-refractivity contribution in [3.05, 3.63) is 0 Å². The van der Waals surface area contributed by atoms with Crippen LogP contribution >= 0.6 is 7.92 Å². The van der Waals surface area contributed by atoms with Gasteiger partial charge in [0.15, 0.2) is 0 Å². The zero-order valence-corrected chi connectivity index (χ0v) is 8.09. The first-order valence-electron chi connectivity index (χ1n) is 4.44. The highest BCUT2D eigenvalue weighted by atomic mass is 31.1. The lowest BCUT2D eigenvalue weighted by Crippen LogP contribution is -2.55. The van der Waals surface area contributed by atoms with Crippen molar-refractivity contribution in [3.63, 3.8) is 0 Å². The van der Waals surface area contributed by atoms with E-state index in [0.29, 0.717) is 11.6 Å². The summed E-state index contributed by atoms with van der Waals surface area (Å²) in [6, 6.07) is 0. The molecule has 3 aliphatic heterocycles. The van der Waals surface area contributed by atoms with Crippen LogP contribution in [-0.2, 0) is 9.59 Å². The third kappa shape index (κ3) is 0.794. The molecule has 0 N–H and O–H groups in total. The summed E-state index contributed by atoms with van der Waals surface area (Å²) in [4.78, 5) is 21.8. The summed E-state index contributed by atoms with van der Waals surface area (Å²) in [7, 11) is -0.293. The average molecular weight is 184 g/mol. The maximum Gasteiger partial charge on any atom is 0.137 e. The minimum absolute atomic E-state index is 0.293. The van der Waals surface area contributed by atoms with E-state index in [1.54, 1.807) is 0 Å². The van der Waals surface area contributed by atoms with Crippen molar-refractivity contribution < 1.29 is 9.59 Å². The molecule has 0 spiro atoms. The van der Waals surface area contributed by atoms with Gasteiger partial charge in [-0.2, -0.15) is 0 Å². The molecule has 0 aromatic carbocycles. The van der Waals surface area contributed by atoms with Crippen molar-refractivity contribution in [1.29, 1.82) is 0 Å². The Morgan fingerprint density at radius 1 is 1.33 bits per heavy atom. The lowest BCUT2D eigenvalue weighted by atomic mass is 9.88. The van der Waals surface area contributed by atoms with Crippen LogP contribution in [0.4, 0.5) is 0 Å². The largest absolute Gasteiger partial charge is 0.302 e. The molecule has 66 valence electrons. The number of carbonyl (C=O) groups is 2. The second-order valence-corrected chi connectivity index (χ2v) is 6.86. The lowest BCUT2D eigenvalue weighted by molar-refractivity contribution is -0.120. The van der Waals surface area contributed by atoms with E-state index in [1.165, 1.54) is 6.42 Å². The molecule has 3 aliphatic rings. The van der Waals surface area contributed by atoms with Crippen molar-refractivity contribution in [2.45, 2.75) is 30.6 Å². The quantitative estimate of drug-likeness (QED) is 0.369. The highest BCUT2D eigenvalue weighted by Crippen LogP contribution is 2.71. The van der Waals surface area contributed by atoms with E-state index in [-0.39, 0.29) is 7.92 Å². The topological polar surface area (TPSA) is 34.1 Å². The van der Waals surface area contributed by atoms with Crippen LogP contribution in [0.25, 0.3) is 0 Å². The number of fused-ring (bicyclic) bond motifs is 2. The van der Waals surface area contributed by atoms with Crippen LogP contribution in [0.1, 0.15) is 19.8 Å². The summed E-state index contributed by atoms with van der Waals surface area (Å²) < 4.78 is 0. The van der Waals surface area contributed by atoms with Gasteiger partial charge in [-0.05, 0) is 30.6 Å². The van der Waals surface area contributed by atoms with Gasteiger partial charge < -0.3 is 9.59 Å². The van der Waals surface area contributed by atoms with Gasteiger partial charge in [-0.15, -0.1) is 0 Å². The van der Waals surface area contributed by atoms with Gasteiger partial charge in [0, 0.05) is 0 Å². The maximum absolute atomic E-state index is 10.9. The molecule has 0 aromatic rings. The zero-order chi connectivity index (χ0) is 8.77. The summed E-state index contributed by atoms with van der Waals surface area (Å²) in [5.41, 5.74) is 0.625. The molecule has 3 saturated heterocycles. The van der Waals surface area contributed by atoms with E-state index >= 15 is 0 Å². The summed E-state index contributed by atoms with van der Waals surface area (Å²) in [5.74, 6) is 0.398. The molecule has 0 saturated carbocycles. The highest BCUT2D eigenvalue weighted by Gasteiger charge is 2.59. The Morgan fingerprint density at radius 2 is 2.00 bits per heavy atom. The normalized spacial score (nSPS) is 42.9. The average Bonchev–Trinajstić information content (AvgIpc) is 2.06. The van der Waals surface area contributed by atoms with Crippen molar-refractivity contribution in [3.8, 4) is 0 Å². The minimum Gasteiger partial charge on any atom is -0.302 e. The van der Waals surface area contributed by atoms with E-state index < -0.39 is 5.16 Å². The molecular weight excluding hydrogens is 171 g/mol. The summed E-state index contributed by atoms with van der Waals surface area (Å²) in [6.45, 7) is 2.18. The Labute approximate surface area is 73.5 Å². The molecular formula is C9H13O2P. The van der Waals surface area contributed by atoms with Gasteiger partial charge in [-0.1, -0.05) is 14.8 Å². The zero-order valence-electron chi connectivity index (χ0n) is 7.19.